The second kappa shape index (κ2) is 8.75. The maximum absolute atomic E-state index is 14.2. The van der Waals surface area contributed by atoms with E-state index in [1.165, 1.54) is 25.1 Å². The van der Waals surface area contributed by atoms with Gasteiger partial charge in [0.25, 0.3) is 0 Å². The maximum atomic E-state index is 14.2. The van der Waals surface area contributed by atoms with E-state index in [1.807, 2.05) is 0 Å². The van der Waals surface area contributed by atoms with Crippen molar-refractivity contribution in [1.29, 1.82) is 0 Å². The molecule has 28 heavy (non-hydrogen) atoms. The van der Waals surface area contributed by atoms with Gasteiger partial charge < -0.3 is 18.7 Å². The van der Waals surface area contributed by atoms with E-state index in [0.29, 0.717) is 11.5 Å². The molecule has 0 N–H and O–H groups in total. The lowest BCUT2D eigenvalue weighted by Gasteiger charge is -2.09. The van der Waals surface area contributed by atoms with Crippen LogP contribution in [-0.2, 0) is 4.74 Å². The maximum Gasteiger partial charge on any atom is 0.344 e. The number of esters is 1. The first kappa shape index (κ1) is 19.7. The molecule has 0 bridgehead atoms. The van der Waals surface area contributed by atoms with Crippen molar-refractivity contribution in [3.63, 3.8) is 0 Å². The lowest BCUT2D eigenvalue weighted by atomic mass is 10.1. The molecule has 0 amide bonds. The number of nitrogens with zero attached hydrogens (tertiary/aromatic N) is 1. The van der Waals surface area contributed by atoms with E-state index in [0.717, 1.165) is 0 Å². The zero-order chi connectivity index (χ0) is 20.1. The van der Waals surface area contributed by atoms with Crippen LogP contribution >= 0.6 is 11.6 Å². The van der Waals surface area contributed by atoms with Gasteiger partial charge in [0.15, 0.2) is 0 Å². The van der Waals surface area contributed by atoms with Crippen LogP contribution in [0.15, 0.2) is 47.0 Å². The standard InChI is InChI=1S/C20H17ClFNO5/c1-12-17(19(23-28-12)18-15(21)4-3-5-16(18)22)20(24)27-11-10-26-14-8-6-13(25-2)7-9-14/h3-9H,10-11H2,1-2H3. The number of halogens is 2. The molecule has 0 spiro atoms. The highest BCUT2D eigenvalue weighted by molar-refractivity contribution is 6.33. The number of aromatic nitrogens is 1. The Hall–Kier alpha value is -3.06. The van der Waals surface area contributed by atoms with E-state index in [1.54, 1.807) is 31.4 Å². The molecule has 0 aliphatic carbocycles. The zero-order valence-electron chi connectivity index (χ0n) is 15.2. The molecule has 0 radical (unpaired) electrons. The molecular formula is C20H17ClFNO5. The molecule has 1 heterocycles. The van der Waals surface area contributed by atoms with Crippen molar-refractivity contribution in [2.45, 2.75) is 6.92 Å². The summed E-state index contributed by atoms with van der Waals surface area (Å²) >= 11 is 6.06. The van der Waals surface area contributed by atoms with Gasteiger partial charge in [-0.1, -0.05) is 22.8 Å². The summed E-state index contributed by atoms with van der Waals surface area (Å²) in [6.07, 6.45) is 0. The number of aryl methyl sites for hydroxylation is 1. The minimum atomic E-state index is -0.702. The fourth-order valence-electron chi connectivity index (χ4n) is 2.55. The monoisotopic (exact) mass is 405 g/mol. The Morgan fingerprint density at radius 1 is 1.14 bits per heavy atom. The summed E-state index contributed by atoms with van der Waals surface area (Å²) in [6, 6.07) is 11.2. The number of hydrogen-bond donors (Lipinski definition) is 0. The molecule has 0 fully saturated rings. The number of carbonyl (C=O) groups excluding carboxylic acids is 1. The van der Waals surface area contributed by atoms with Crippen molar-refractivity contribution in [2.75, 3.05) is 20.3 Å². The van der Waals surface area contributed by atoms with Crippen molar-refractivity contribution in [3.8, 4) is 22.8 Å². The number of methoxy groups -OCH3 is 1. The minimum absolute atomic E-state index is 0.00155. The van der Waals surface area contributed by atoms with E-state index in [-0.39, 0.29) is 40.8 Å². The Kier molecular flexibility index (Phi) is 6.16. The lowest BCUT2D eigenvalue weighted by Crippen LogP contribution is -2.13. The van der Waals surface area contributed by atoms with E-state index < -0.39 is 11.8 Å². The van der Waals surface area contributed by atoms with Gasteiger partial charge in [-0.2, -0.15) is 0 Å². The van der Waals surface area contributed by atoms with E-state index in [9.17, 15) is 9.18 Å². The highest BCUT2D eigenvalue weighted by atomic mass is 35.5. The van der Waals surface area contributed by atoms with E-state index >= 15 is 0 Å². The molecule has 3 rings (SSSR count). The van der Waals surface area contributed by atoms with Gasteiger partial charge in [0.2, 0.25) is 0 Å². The van der Waals surface area contributed by atoms with Gasteiger partial charge in [-0.15, -0.1) is 0 Å². The number of hydrogen-bond acceptors (Lipinski definition) is 6. The zero-order valence-corrected chi connectivity index (χ0v) is 16.0. The van der Waals surface area contributed by atoms with Crippen molar-refractivity contribution >= 4 is 17.6 Å². The van der Waals surface area contributed by atoms with Crippen molar-refractivity contribution in [2.24, 2.45) is 0 Å². The van der Waals surface area contributed by atoms with E-state index in [4.69, 9.17) is 30.3 Å². The van der Waals surface area contributed by atoms with Crippen LogP contribution in [0.25, 0.3) is 11.3 Å². The number of rotatable bonds is 7. The predicted octanol–water partition coefficient (Wildman–Crippen LogP) is 4.69. The van der Waals surface area contributed by atoms with Gasteiger partial charge >= 0.3 is 5.97 Å². The summed E-state index contributed by atoms with van der Waals surface area (Å²) in [5.41, 5.74) is 0.0144. The Labute approximate surface area is 165 Å². The topological polar surface area (TPSA) is 70.8 Å². The average molecular weight is 406 g/mol. The van der Waals surface area contributed by atoms with E-state index in [2.05, 4.69) is 5.16 Å². The SMILES string of the molecule is COc1ccc(OCCOC(=O)c2c(-c3c(F)cccc3Cl)noc2C)cc1. The van der Waals surface area contributed by atoms with Crippen LogP contribution in [0.3, 0.4) is 0 Å². The van der Waals surface area contributed by atoms with Gasteiger partial charge in [-0.3, -0.25) is 0 Å². The van der Waals surface area contributed by atoms with Crippen molar-refractivity contribution in [1.82, 2.24) is 5.16 Å². The number of ether oxygens (including phenoxy) is 3. The fraction of sp³-hybridized carbons (Fsp3) is 0.200. The summed E-state index contributed by atoms with van der Waals surface area (Å²) in [5.74, 6) is 0.206. The van der Waals surface area contributed by atoms with Gasteiger partial charge in [-0.25, -0.2) is 9.18 Å². The van der Waals surface area contributed by atoms with Crippen LogP contribution in [0, 0.1) is 12.7 Å². The molecule has 8 heteroatoms. The molecule has 0 atom stereocenters. The highest BCUT2D eigenvalue weighted by Gasteiger charge is 2.26. The van der Waals surface area contributed by atoms with Crippen LogP contribution in [0.2, 0.25) is 5.02 Å². The van der Waals surface area contributed by atoms with Crippen LogP contribution in [0.4, 0.5) is 4.39 Å². The van der Waals surface area contributed by atoms with Crippen LogP contribution in [0.5, 0.6) is 11.5 Å². The molecule has 0 saturated heterocycles. The molecule has 0 aliphatic rings. The van der Waals surface area contributed by atoms with Gasteiger partial charge in [-0.05, 0) is 43.3 Å². The number of benzene rings is 2. The van der Waals surface area contributed by atoms with Gasteiger partial charge in [0, 0.05) is 0 Å². The van der Waals surface area contributed by atoms with Gasteiger partial charge in [0.05, 0.1) is 17.7 Å². The quantitative estimate of drug-likeness (QED) is 0.419. The summed E-state index contributed by atoms with van der Waals surface area (Å²) in [4.78, 5) is 12.5. The van der Waals surface area contributed by atoms with Gasteiger partial charge in [0.1, 0.15) is 47.5 Å². The first-order valence-corrected chi connectivity index (χ1v) is 8.73. The summed E-state index contributed by atoms with van der Waals surface area (Å²) in [5, 5.41) is 3.89. The highest BCUT2D eigenvalue weighted by Crippen LogP contribution is 2.33. The van der Waals surface area contributed by atoms with Crippen LogP contribution < -0.4 is 9.47 Å². The molecule has 0 unspecified atom stereocenters. The molecule has 6 nitrogen and oxygen atoms in total. The second-order valence-electron chi connectivity index (χ2n) is 5.72. The smallest absolute Gasteiger partial charge is 0.344 e. The molecule has 3 aromatic rings. The Bertz CT molecular complexity index is 951. The van der Waals surface area contributed by atoms with Crippen LogP contribution in [-0.4, -0.2) is 31.4 Å². The Morgan fingerprint density at radius 2 is 1.86 bits per heavy atom. The third-order valence-corrected chi connectivity index (χ3v) is 4.23. The predicted molar refractivity (Wildman–Crippen MR) is 100 cm³/mol. The van der Waals surface area contributed by atoms with Crippen molar-refractivity contribution in [3.05, 3.63) is 64.6 Å². The molecule has 146 valence electrons. The Morgan fingerprint density at radius 3 is 2.54 bits per heavy atom. The normalized spacial score (nSPS) is 10.6. The average Bonchev–Trinajstić information content (AvgIpc) is 3.06. The first-order chi connectivity index (χ1) is 13.5. The Balaban J connectivity index is 1.66. The molecule has 0 aliphatic heterocycles. The van der Waals surface area contributed by atoms with Crippen molar-refractivity contribution < 1.29 is 27.9 Å². The molecule has 2 aromatic carbocycles. The fourth-order valence-corrected chi connectivity index (χ4v) is 2.80. The molecule has 1 aromatic heterocycles. The number of carbonyl (C=O) groups is 1. The van der Waals surface area contributed by atoms with Crippen LogP contribution in [0.1, 0.15) is 16.1 Å². The third-order valence-electron chi connectivity index (χ3n) is 3.91. The lowest BCUT2D eigenvalue weighted by molar-refractivity contribution is 0.0449. The second-order valence-corrected chi connectivity index (χ2v) is 6.13. The molecule has 0 saturated carbocycles. The largest absolute Gasteiger partial charge is 0.497 e. The summed E-state index contributed by atoms with van der Waals surface area (Å²) < 4.78 is 35.0. The third kappa shape index (κ3) is 4.26. The molecular weight excluding hydrogens is 389 g/mol. The summed E-state index contributed by atoms with van der Waals surface area (Å²) in [6.45, 7) is 1.66. The summed E-state index contributed by atoms with van der Waals surface area (Å²) in [7, 11) is 1.57. The first-order valence-electron chi connectivity index (χ1n) is 8.36. The minimum Gasteiger partial charge on any atom is -0.497 e.